The minimum atomic E-state index is -1.03. The van der Waals surface area contributed by atoms with Gasteiger partial charge in [0.25, 0.3) is 0 Å². The second-order valence-electron chi connectivity index (χ2n) is 5.17. The van der Waals surface area contributed by atoms with E-state index < -0.39 is 5.97 Å². The number of ether oxygens (including phenoxy) is 1. The number of benzene rings is 1. The van der Waals surface area contributed by atoms with Gasteiger partial charge in [-0.2, -0.15) is 0 Å². The minimum absolute atomic E-state index is 0.0996. The minimum Gasteiger partial charge on any atom is -0.478 e. The lowest BCUT2D eigenvalue weighted by atomic mass is 10.0. The maximum Gasteiger partial charge on any atom is 0.335 e. The van der Waals surface area contributed by atoms with Gasteiger partial charge in [0.05, 0.1) is 12.2 Å². The first kappa shape index (κ1) is 15.3. The fraction of sp³-hybridized carbons (Fsp3) is 0.375. The summed E-state index contributed by atoms with van der Waals surface area (Å²) in [6.45, 7) is 0.301. The number of aromatic carboxylic acids is 1. The van der Waals surface area contributed by atoms with Crippen LogP contribution >= 0.6 is 0 Å². The summed E-state index contributed by atoms with van der Waals surface area (Å²) in [5.41, 5.74) is 1.35. The highest BCUT2D eigenvalue weighted by Crippen LogP contribution is 2.22. The summed E-state index contributed by atoms with van der Waals surface area (Å²) in [7, 11) is 1.54. The average molecular weight is 289 g/mol. The summed E-state index contributed by atoms with van der Waals surface area (Å²) < 4.78 is 5.02. The van der Waals surface area contributed by atoms with E-state index in [4.69, 9.17) is 9.84 Å². The van der Waals surface area contributed by atoms with Crippen LogP contribution in [0.15, 0.2) is 30.4 Å². The molecule has 0 saturated carbocycles. The molecule has 5 nitrogen and oxygen atoms in total. The van der Waals surface area contributed by atoms with Crippen LogP contribution in [0.25, 0.3) is 0 Å². The van der Waals surface area contributed by atoms with E-state index in [0.717, 1.165) is 12.8 Å². The number of allylic oxidation sites excluding steroid dienone is 2. The fourth-order valence-corrected chi connectivity index (χ4v) is 2.45. The SMILES string of the molecule is COCc1cc(NC(=O)CC2C=CCC2)cc(C(=O)O)c1. The predicted molar refractivity (Wildman–Crippen MR) is 79.2 cm³/mol. The molecular weight excluding hydrogens is 270 g/mol. The van der Waals surface area contributed by atoms with Gasteiger partial charge in [-0.1, -0.05) is 12.2 Å². The normalized spacial score (nSPS) is 16.9. The van der Waals surface area contributed by atoms with Crippen LogP contribution in [0.1, 0.15) is 35.2 Å². The van der Waals surface area contributed by atoms with Gasteiger partial charge in [0, 0.05) is 19.2 Å². The molecule has 1 unspecified atom stereocenters. The van der Waals surface area contributed by atoms with Crippen molar-refractivity contribution in [1.29, 1.82) is 0 Å². The van der Waals surface area contributed by atoms with Crippen LogP contribution in [-0.4, -0.2) is 24.1 Å². The van der Waals surface area contributed by atoms with E-state index in [9.17, 15) is 9.59 Å². The third-order valence-corrected chi connectivity index (χ3v) is 3.39. The van der Waals surface area contributed by atoms with Crippen LogP contribution < -0.4 is 5.32 Å². The summed E-state index contributed by atoms with van der Waals surface area (Å²) >= 11 is 0. The van der Waals surface area contributed by atoms with E-state index in [0.29, 0.717) is 24.3 Å². The monoisotopic (exact) mass is 289 g/mol. The molecule has 1 aliphatic carbocycles. The first-order chi connectivity index (χ1) is 10.1. The number of carbonyl (C=O) groups excluding carboxylic acids is 1. The molecule has 0 spiro atoms. The second kappa shape index (κ2) is 7.04. The number of hydrogen-bond acceptors (Lipinski definition) is 3. The van der Waals surface area contributed by atoms with E-state index in [1.165, 1.54) is 13.2 Å². The first-order valence-corrected chi connectivity index (χ1v) is 6.91. The molecule has 1 aliphatic rings. The average Bonchev–Trinajstić information content (AvgIpc) is 2.91. The van der Waals surface area contributed by atoms with E-state index in [2.05, 4.69) is 17.5 Å². The Morgan fingerprint density at radius 1 is 1.38 bits per heavy atom. The Balaban J connectivity index is 2.08. The van der Waals surface area contributed by atoms with E-state index >= 15 is 0 Å². The molecule has 1 aromatic carbocycles. The number of hydrogen-bond donors (Lipinski definition) is 2. The van der Waals surface area contributed by atoms with Crippen molar-refractivity contribution in [2.45, 2.75) is 25.9 Å². The topological polar surface area (TPSA) is 75.6 Å². The molecule has 0 fully saturated rings. The Hall–Kier alpha value is -2.14. The number of nitrogens with one attached hydrogen (secondary N) is 1. The molecule has 0 bridgehead atoms. The Morgan fingerprint density at radius 3 is 2.81 bits per heavy atom. The molecule has 1 aromatic rings. The molecule has 0 aliphatic heterocycles. The zero-order chi connectivity index (χ0) is 15.2. The molecule has 21 heavy (non-hydrogen) atoms. The van der Waals surface area contributed by atoms with E-state index in [-0.39, 0.29) is 17.4 Å². The molecule has 5 heteroatoms. The lowest BCUT2D eigenvalue weighted by Gasteiger charge is -2.11. The third kappa shape index (κ3) is 4.43. The third-order valence-electron chi connectivity index (χ3n) is 3.39. The highest BCUT2D eigenvalue weighted by atomic mass is 16.5. The number of rotatable bonds is 6. The zero-order valence-corrected chi connectivity index (χ0v) is 12.0. The van der Waals surface area contributed by atoms with Crippen molar-refractivity contribution in [3.63, 3.8) is 0 Å². The largest absolute Gasteiger partial charge is 0.478 e. The Morgan fingerprint density at radius 2 is 2.19 bits per heavy atom. The van der Waals surface area contributed by atoms with Crippen molar-refractivity contribution in [2.24, 2.45) is 5.92 Å². The van der Waals surface area contributed by atoms with Gasteiger partial charge in [0.1, 0.15) is 0 Å². The number of methoxy groups -OCH3 is 1. The van der Waals surface area contributed by atoms with Gasteiger partial charge in [-0.15, -0.1) is 0 Å². The lowest BCUT2D eigenvalue weighted by molar-refractivity contribution is -0.116. The first-order valence-electron chi connectivity index (χ1n) is 6.91. The van der Waals surface area contributed by atoms with Crippen LogP contribution in [0.2, 0.25) is 0 Å². The number of carboxylic acid groups (broad SMARTS) is 1. The van der Waals surface area contributed by atoms with Gasteiger partial charge < -0.3 is 15.2 Å². The van der Waals surface area contributed by atoms with Crippen molar-refractivity contribution in [3.05, 3.63) is 41.5 Å². The Labute approximate surface area is 123 Å². The van der Waals surface area contributed by atoms with Crippen LogP contribution in [-0.2, 0) is 16.1 Å². The Bertz CT molecular complexity index is 565. The van der Waals surface area contributed by atoms with Gasteiger partial charge >= 0.3 is 5.97 Å². The molecular formula is C16H19NO4. The van der Waals surface area contributed by atoms with Gasteiger partial charge in [-0.25, -0.2) is 4.79 Å². The van der Waals surface area contributed by atoms with Gasteiger partial charge in [0.15, 0.2) is 0 Å². The van der Waals surface area contributed by atoms with Gasteiger partial charge in [-0.05, 0) is 42.5 Å². The number of carbonyl (C=O) groups is 2. The van der Waals surface area contributed by atoms with Gasteiger partial charge in [-0.3, -0.25) is 4.79 Å². The second-order valence-corrected chi connectivity index (χ2v) is 5.17. The number of anilines is 1. The predicted octanol–water partition coefficient (Wildman–Crippen LogP) is 2.83. The van der Waals surface area contributed by atoms with Crippen LogP contribution in [0.4, 0.5) is 5.69 Å². The highest BCUT2D eigenvalue weighted by Gasteiger charge is 2.15. The van der Waals surface area contributed by atoms with Crippen LogP contribution in [0.5, 0.6) is 0 Å². The van der Waals surface area contributed by atoms with E-state index in [1.54, 1.807) is 12.1 Å². The quantitative estimate of drug-likeness (QED) is 0.790. The standard InChI is InChI=1S/C16H19NO4/c1-21-10-12-6-13(16(19)20)9-14(7-12)17-15(18)8-11-4-2-3-5-11/h2,4,6-7,9,11H,3,5,8,10H2,1H3,(H,17,18)(H,19,20). The zero-order valence-electron chi connectivity index (χ0n) is 12.0. The smallest absolute Gasteiger partial charge is 0.335 e. The highest BCUT2D eigenvalue weighted by molar-refractivity contribution is 5.94. The molecule has 2 N–H and O–H groups in total. The maximum absolute atomic E-state index is 12.0. The lowest BCUT2D eigenvalue weighted by Crippen LogP contribution is -2.15. The summed E-state index contributed by atoms with van der Waals surface area (Å²) in [5, 5.41) is 11.9. The molecule has 0 saturated heterocycles. The summed E-state index contributed by atoms with van der Waals surface area (Å²) in [5.74, 6) is -0.842. The van der Waals surface area contributed by atoms with Crippen molar-refractivity contribution >= 4 is 17.6 Å². The fourth-order valence-electron chi connectivity index (χ4n) is 2.45. The molecule has 1 amide bonds. The molecule has 0 aromatic heterocycles. The molecule has 2 rings (SSSR count). The number of carboxylic acids is 1. The Kier molecular flexibility index (Phi) is 5.11. The molecule has 0 heterocycles. The molecule has 112 valence electrons. The molecule has 0 radical (unpaired) electrons. The van der Waals surface area contributed by atoms with Crippen LogP contribution in [0.3, 0.4) is 0 Å². The van der Waals surface area contributed by atoms with Crippen molar-refractivity contribution < 1.29 is 19.4 Å². The summed E-state index contributed by atoms with van der Waals surface area (Å²) in [6, 6.07) is 4.74. The molecule has 1 atom stereocenters. The van der Waals surface area contributed by atoms with Crippen LogP contribution in [0, 0.1) is 5.92 Å². The summed E-state index contributed by atoms with van der Waals surface area (Å²) in [4.78, 5) is 23.1. The van der Waals surface area contributed by atoms with Gasteiger partial charge in [0.2, 0.25) is 5.91 Å². The van der Waals surface area contributed by atoms with Crippen molar-refractivity contribution in [3.8, 4) is 0 Å². The number of amides is 1. The summed E-state index contributed by atoms with van der Waals surface area (Å²) in [6.07, 6.45) is 6.58. The van der Waals surface area contributed by atoms with E-state index in [1.807, 2.05) is 0 Å². The maximum atomic E-state index is 12.0. The van der Waals surface area contributed by atoms with Crippen molar-refractivity contribution in [2.75, 3.05) is 12.4 Å². The van der Waals surface area contributed by atoms with Crippen molar-refractivity contribution in [1.82, 2.24) is 0 Å².